The molecular weight excluding hydrogens is 314 g/mol. The van der Waals surface area contributed by atoms with Crippen LogP contribution in [-0.4, -0.2) is 5.11 Å². The number of benzene rings is 2. The Morgan fingerprint density at radius 1 is 1.22 bits per heavy atom. The zero-order chi connectivity index (χ0) is 13.1. The summed E-state index contributed by atoms with van der Waals surface area (Å²) in [6, 6.07) is 11.3. The molecule has 0 aliphatic heterocycles. The van der Waals surface area contributed by atoms with Crippen molar-refractivity contribution in [1.29, 1.82) is 0 Å². The van der Waals surface area contributed by atoms with Crippen molar-refractivity contribution in [3.8, 4) is 5.75 Å². The summed E-state index contributed by atoms with van der Waals surface area (Å²) in [5.74, 6) is 0.189. The smallest absolute Gasteiger partial charge is 0.139 e. The van der Waals surface area contributed by atoms with Crippen LogP contribution in [0.15, 0.2) is 36.4 Å². The number of alkyl halides is 1. The fourth-order valence-corrected chi connectivity index (χ4v) is 2.46. The van der Waals surface area contributed by atoms with Crippen LogP contribution in [0.4, 0.5) is 11.4 Å². The summed E-state index contributed by atoms with van der Waals surface area (Å²) in [5, 5.41) is 14.3. The highest BCUT2D eigenvalue weighted by Gasteiger charge is 2.07. The van der Waals surface area contributed by atoms with Crippen LogP contribution in [0.2, 0.25) is 5.02 Å². The van der Waals surface area contributed by atoms with E-state index in [1.54, 1.807) is 12.1 Å². The zero-order valence-electron chi connectivity index (χ0n) is 9.87. The van der Waals surface area contributed by atoms with Crippen molar-refractivity contribution in [2.45, 2.75) is 12.3 Å². The van der Waals surface area contributed by atoms with E-state index in [0.717, 1.165) is 11.3 Å². The Kier molecular flexibility index (Phi) is 4.15. The number of rotatable bonds is 3. The van der Waals surface area contributed by atoms with Crippen LogP contribution in [0, 0.1) is 6.92 Å². The molecule has 2 aromatic carbocycles. The number of phenolic OH excluding ortho intramolecular Hbond substituents is 1. The maximum absolute atomic E-state index is 9.92. The van der Waals surface area contributed by atoms with Crippen LogP contribution >= 0.6 is 27.5 Å². The molecule has 94 valence electrons. The molecule has 2 nitrogen and oxygen atoms in total. The van der Waals surface area contributed by atoms with Gasteiger partial charge < -0.3 is 10.4 Å². The highest BCUT2D eigenvalue weighted by Crippen LogP contribution is 2.33. The molecule has 0 saturated heterocycles. The Labute approximate surface area is 120 Å². The molecule has 2 rings (SSSR count). The average molecular weight is 327 g/mol. The first-order valence-electron chi connectivity index (χ1n) is 5.51. The van der Waals surface area contributed by atoms with E-state index in [4.69, 9.17) is 11.6 Å². The van der Waals surface area contributed by atoms with E-state index in [0.29, 0.717) is 16.0 Å². The van der Waals surface area contributed by atoms with Gasteiger partial charge in [-0.15, -0.1) is 0 Å². The lowest BCUT2D eigenvalue weighted by molar-refractivity contribution is 0.477. The van der Waals surface area contributed by atoms with Crippen molar-refractivity contribution in [3.63, 3.8) is 0 Å². The maximum atomic E-state index is 9.92. The van der Waals surface area contributed by atoms with Crippen molar-refractivity contribution in [2.24, 2.45) is 0 Å². The Morgan fingerprint density at radius 2 is 1.89 bits per heavy atom. The molecule has 0 amide bonds. The summed E-state index contributed by atoms with van der Waals surface area (Å²) < 4.78 is 0. The van der Waals surface area contributed by atoms with Crippen molar-refractivity contribution < 1.29 is 5.11 Å². The normalized spacial score (nSPS) is 10.4. The lowest BCUT2D eigenvalue weighted by Gasteiger charge is -2.11. The van der Waals surface area contributed by atoms with Gasteiger partial charge in [-0.25, -0.2) is 0 Å². The van der Waals surface area contributed by atoms with E-state index in [1.165, 1.54) is 5.56 Å². The zero-order valence-corrected chi connectivity index (χ0v) is 12.2. The third-order valence-corrected chi connectivity index (χ3v) is 3.60. The van der Waals surface area contributed by atoms with E-state index in [-0.39, 0.29) is 5.75 Å². The van der Waals surface area contributed by atoms with Gasteiger partial charge >= 0.3 is 0 Å². The third kappa shape index (κ3) is 2.98. The number of nitrogens with one attached hydrogen (secondary N) is 1. The van der Waals surface area contributed by atoms with Gasteiger partial charge in [0, 0.05) is 16.0 Å². The lowest BCUT2D eigenvalue weighted by Crippen LogP contribution is -1.92. The maximum Gasteiger partial charge on any atom is 0.139 e. The van der Waals surface area contributed by atoms with E-state index in [2.05, 4.69) is 21.2 Å². The molecule has 0 saturated carbocycles. The van der Waals surface area contributed by atoms with Crippen molar-refractivity contribution in [2.75, 3.05) is 5.32 Å². The standard InChI is InChI=1S/C14H13BrClNO/c1-9-2-4-11(5-3-9)17-13-7-12(16)10(8-15)6-14(13)18/h2-7,17-18H,8H2,1H3. The first kappa shape index (κ1) is 13.2. The van der Waals surface area contributed by atoms with Crippen LogP contribution in [0.25, 0.3) is 0 Å². The Morgan fingerprint density at radius 3 is 2.50 bits per heavy atom. The molecule has 0 bridgehead atoms. The second-order valence-electron chi connectivity index (χ2n) is 4.09. The number of phenols is 1. The minimum Gasteiger partial charge on any atom is -0.506 e. The number of anilines is 2. The fraction of sp³-hybridized carbons (Fsp3) is 0.143. The Hall–Kier alpha value is -1.19. The molecule has 0 spiro atoms. The first-order valence-corrected chi connectivity index (χ1v) is 7.01. The number of hydrogen-bond acceptors (Lipinski definition) is 2. The minimum atomic E-state index is 0.189. The Balaban J connectivity index is 2.29. The first-order chi connectivity index (χ1) is 8.60. The summed E-state index contributed by atoms with van der Waals surface area (Å²) in [4.78, 5) is 0. The summed E-state index contributed by atoms with van der Waals surface area (Å²) in [6.45, 7) is 2.03. The highest BCUT2D eigenvalue weighted by atomic mass is 79.9. The quantitative estimate of drug-likeness (QED) is 0.615. The molecule has 0 aliphatic rings. The van der Waals surface area contributed by atoms with E-state index >= 15 is 0 Å². The summed E-state index contributed by atoms with van der Waals surface area (Å²) in [5.41, 5.74) is 3.58. The molecular formula is C14H13BrClNO. The molecule has 0 aromatic heterocycles. The molecule has 0 heterocycles. The average Bonchev–Trinajstić information content (AvgIpc) is 2.36. The number of aryl methyl sites for hydroxylation is 1. The van der Waals surface area contributed by atoms with E-state index in [1.807, 2.05) is 31.2 Å². The van der Waals surface area contributed by atoms with Gasteiger partial charge in [0.15, 0.2) is 0 Å². The second-order valence-corrected chi connectivity index (χ2v) is 5.05. The SMILES string of the molecule is Cc1ccc(Nc2cc(Cl)c(CBr)cc2O)cc1. The number of aromatic hydroxyl groups is 1. The molecule has 0 aliphatic carbocycles. The molecule has 0 unspecified atom stereocenters. The molecule has 4 heteroatoms. The van der Waals surface area contributed by atoms with E-state index in [9.17, 15) is 5.11 Å². The summed E-state index contributed by atoms with van der Waals surface area (Å²) in [6.07, 6.45) is 0. The molecule has 2 N–H and O–H groups in total. The predicted octanol–water partition coefficient (Wildman–Crippen LogP) is 4.99. The van der Waals surface area contributed by atoms with Crippen LogP contribution in [0.3, 0.4) is 0 Å². The van der Waals surface area contributed by atoms with Crippen molar-refractivity contribution >= 4 is 38.9 Å². The van der Waals surface area contributed by atoms with Crippen LogP contribution in [0.1, 0.15) is 11.1 Å². The van der Waals surface area contributed by atoms with E-state index < -0.39 is 0 Å². The van der Waals surface area contributed by atoms with Gasteiger partial charge in [-0.3, -0.25) is 0 Å². The van der Waals surface area contributed by atoms with Crippen LogP contribution < -0.4 is 5.32 Å². The predicted molar refractivity (Wildman–Crippen MR) is 80.2 cm³/mol. The molecule has 18 heavy (non-hydrogen) atoms. The van der Waals surface area contributed by atoms with Gasteiger partial charge in [0.1, 0.15) is 5.75 Å². The Bertz CT molecular complexity index is 554. The molecule has 0 atom stereocenters. The summed E-state index contributed by atoms with van der Waals surface area (Å²) >= 11 is 9.44. The van der Waals surface area contributed by atoms with Crippen molar-refractivity contribution in [1.82, 2.24) is 0 Å². The van der Waals surface area contributed by atoms with Gasteiger partial charge in [-0.05, 0) is 36.8 Å². The monoisotopic (exact) mass is 325 g/mol. The number of halogens is 2. The fourth-order valence-electron chi connectivity index (χ4n) is 1.60. The van der Waals surface area contributed by atoms with Crippen molar-refractivity contribution in [3.05, 3.63) is 52.5 Å². The van der Waals surface area contributed by atoms with Crippen LogP contribution in [0.5, 0.6) is 5.75 Å². The van der Waals surface area contributed by atoms with Gasteiger partial charge in [-0.1, -0.05) is 45.2 Å². The molecule has 0 radical (unpaired) electrons. The number of hydrogen-bond donors (Lipinski definition) is 2. The minimum absolute atomic E-state index is 0.189. The third-order valence-electron chi connectivity index (χ3n) is 2.64. The lowest BCUT2D eigenvalue weighted by atomic mass is 10.2. The molecule has 2 aromatic rings. The topological polar surface area (TPSA) is 32.3 Å². The van der Waals surface area contributed by atoms with Crippen LogP contribution in [-0.2, 0) is 5.33 Å². The highest BCUT2D eigenvalue weighted by molar-refractivity contribution is 9.08. The van der Waals surface area contributed by atoms with Gasteiger partial charge in [-0.2, -0.15) is 0 Å². The van der Waals surface area contributed by atoms with Gasteiger partial charge in [0.2, 0.25) is 0 Å². The largest absolute Gasteiger partial charge is 0.506 e. The molecule has 0 fully saturated rings. The van der Waals surface area contributed by atoms with Gasteiger partial charge in [0.25, 0.3) is 0 Å². The second kappa shape index (κ2) is 5.63. The summed E-state index contributed by atoms with van der Waals surface area (Å²) in [7, 11) is 0. The van der Waals surface area contributed by atoms with Gasteiger partial charge in [0.05, 0.1) is 5.69 Å².